The molecule has 4 N–H and O–H groups in total. The van der Waals surface area contributed by atoms with Crippen molar-refractivity contribution in [1.29, 1.82) is 0 Å². The second kappa shape index (κ2) is 7.51. The smallest absolute Gasteiger partial charge is 0.250 e. The fourth-order valence-electron chi connectivity index (χ4n) is 5.76. The molecule has 0 aliphatic carbocycles. The van der Waals surface area contributed by atoms with Crippen LogP contribution in [0.2, 0.25) is 0 Å². The monoisotopic (exact) mass is 480 g/mol. The summed E-state index contributed by atoms with van der Waals surface area (Å²) in [5, 5.41) is 5.86. The minimum absolute atomic E-state index is 0.0302. The molecule has 4 heterocycles. The fourth-order valence-corrected chi connectivity index (χ4v) is 5.76. The van der Waals surface area contributed by atoms with Crippen molar-refractivity contribution in [1.82, 2.24) is 10.2 Å². The number of ether oxygens (including phenoxy) is 2. The van der Waals surface area contributed by atoms with Gasteiger partial charge in [-0.25, -0.2) is 4.39 Å². The van der Waals surface area contributed by atoms with Gasteiger partial charge in [0.05, 0.1) is 18.4 Å². The van der Waals surface area contributed by atoms with E-state index in [0.29, 0.717) is 22.7 Å². The minimum atomic E-state index is -1.64. The number of amides is 4. The number of benzene rings is 2. The third kappa shape index (κ3) is 3.04. The van der Waals surface area contributed by atoms with Gasteiger partial charge in [0.2, 0.25) is 30.4 Å². The normalized spacial score (nSPS) is 28.0. The van der Waals surface area contributed by atoms with Crippen LogP contribution in [0, 0.1) is 17.7 Å². The third-order valence-electron chi connectivity index (χ3n) is 7.25. The molecule has 2 saturated heterocycles. The molecule has 2 fully saturated rings. The van der Waals surface area contributed by atoms with Gasteiger partial charge in [-0.3, -0.25) is 29.4 Å². The van der Waals surface area contributed by atoms with Crippen molar-refractivity contribution in [3.05, 3.63) is 53.3 Å². The summed E-state index contributed by atoms with van der Waals surface area (Å²) in [5.41, 5.74) is 4.98. The maximum Gasteiger partial charge on any atom is 0.250 e. The van der Waals surface area contributed by atoms with Crippen LogP contribution in [-0.2, 0) is 31.3 Å². The molecular formula is C24H21FN4O6. The molecule has 11 heteroatoms. The summed E-state index contributed by atoms with van der Waals surface area (Å²) >= 11 is 0. The lowest BCUT2D eigenvalue weighted by Gasteiger charge is -2.29. The molecule has 0 radical (unpaired) electrons. The number of hydrogen-bond donors (Lipinski definition) is 3. The summed E-state index contributed by atoms with van der Waals surface area (Å²) in [5.74, 6) is -3.64. The van der Waals surface area contributed by atoms with Crippen molar-refractivity contribution in [2.45, 2.75) is 31.0 Å². The Kier molecular flexibility index (Phi) is 4.62. The van der Waals surface area contributed by atoms with Crippen LogP contribution in [0.25, 0.3) is 0 Å². The number of nitrogens with zero attached hydrogens (tertiary/aromatic N) is 1. The summed E-state index contributed by atoms with van der Waals surface area (Å²) in [6.45, 7) is 0.0584. The number of nitrogens with one attached hydrogen (secondary N) is 2. The molecule has 6 rings (SSSR count). The predicted octanol–water partition coefficient (Wildman–Crippen LogP) is 0.740. The van der Waals surface area contributed by atoms with Gasteiger partial charge in [0.15, 0.2) is 11.5 Å². The molecule has 4 aliphatic heterocycles. The average molecular weight is 480 g/mol. The van der Waals surface area contributed by atoms with E-state index in [0.717, 1.165) is 4.90 Å². The van der Waals surface area contributed by atoms with Gasteiger partial charge in [0.25, 0.3) is 0 Å². The Morgan fingerprint density at radius 1 is 1.11 bits per heavy atom. The number of hydrogen-bond acceptors (Lipinski definition) is 7. The first-order chi connectivity index (χ1) is 16.8. The summed E-state index contributed by atoms with van der Waals surface area (Å²) in [6.07, 6.45) is 0.102. The van der Waals surface area contributed by atoms with Gasteiger partial charge < -0.3 is 20.5 Å². The molecule has 0 bridgehead atoms. The maximum atomic E-state index is 14.3. The Bertz CT molecular complexity index is 1310. The van der Waals surface area contributed by atoms with Crippen molar-refractivity contribution < 1.29 is 33.0 Å². The molecule has 10 nitrogen and oxygen atoms in total. The molecule has 0 aromatic heterocycles. The predicted molar refractivity (Wildman–Crippen MR) is 117 cm³/mol. The highest BCUT2D eigenvalue weighted by Gasteiger charge is 2.70. The van der Waals surface area contributed by atoms with Crippen LogP contribution in [0.1, 0.15) is 24.0 Å². The highest BCUT2D eigenvalue weighted by Crippen LogP contribution is 2.53. The van der Waals surface area contributed by atoms with E-state index in [2.05, 4.69) is 10.6 Å². The summed E-state index contributed by atoms with van der Waals surface area (Å²) in [6, 6.07) is 8.28. The molecule has 4 aliphatic rings. The Hall–Kier alpha value is -3.99. The summed E-state index contributed by atoms with van der Waals surface area (Å²) < 4.78 is 25.0. The number of halogens is 1. The van der Waals surface area contributed by atoms with Gasteiger partial charge in [-0.1, -0.05) is 6.07 Å². The van der Waals surface area contributed by atoms with Gasteiger partial charge in [-0.05, 0) is 42.3 Å². The standard InChI is InChI=1S/C24H21FN4O6/c25-12-2-3-14-13(8-12)24(23(33)27-14)20-19(15(28-24)4-6-18(26)30)21(31)29(22(20)32)9-11-1-5-16-17(7-11)35-10-34-16/h1-3,5,7-8,15,19-20,28H,4,6,9-10H2,(H2,26,30)(H,27,33)/t15?,19-,20+,24?/m0/s1. The van der Waals surface area contributed by atoms with Crippen molar-refractivity contribution in [2.75, 3.05) is 12.1 Å². The molecule has 35 heavy (non-hydrogen) atoms. The van der Waals surface area contributed by atoms with E-state index in [-0.39, 0.29) is 31.7 Å². The van der Waals surface area contributed by atoms with Crippen molar-refractivity contribution in [3.8, 4) is 11.5 Å². The van der Waals surface area contributed by atoms with Crippen molar-refractivity contribution >= 4 is 29.3 Å². The number of fused-ring (bicyclic) bond motifs is 5. The molecule has 180 valence electrons. The van der Waals surface area contributed by atoms with Crippen LogP contribution in [0.4, 0.5) is 10.1 Å². The van der Waals surface area contributed by atoms with Gasteiger partial charge in [-0.2, -0.15) is 0 Å². The van der Waals surface area contributed by atoms with E-state index >= 15 is 0 Å². The summed E-state index contributed by atoms with van der Waals surface area (Å²) in [4.78, 5) is 53.3. The number of carbonyl (C=O) groups is 4. The first kappa shape index (κ1) is 21.5. The van der Waals surface area contributed by atoms with Crippen LogP contribution in [0.15, 0.2) is 36.4 Å². The zero-order valence-electron chi connectivity index (χ0n) is 18.4. The van der Waals surface area contributed by atoms with Crippen LogP contribution >= 0.6 is 0 Å². The van der Waals surface area contributed by atoms with Crippen molar-refractivity contribution in [2.24, 2.45) is 17.6 Å². The average Bonchev–Trinajstić information content (AvgIpc) is 3.55. The van der Waals surface area contributed by atoms with Gasteiger partial charge >= 0.3 is 0 Å². The number of rotatable bonds is 5. The first-order valence-corrected chi connectivity index (χ1v) is 11.2. The zero-order chi connectivity index (χ0) is 24.5. The zero-order valence-corrected chi connectivity index (χ0v) is 18.4. The molecule has 0 saturated carbocycles. The number of anilines is 1. The second-order valence-corrected chi connectivity index (χ2v) is 9.16. The number of imide groups is 1. The minimum Gasteiger partial charge on any atom is -0.454 e. The van der Waals surface area contributed by atoms with E-state index in [4.69, 9.17) is 15.2 Å². The summed E-state index contributed by atoms with van der Waals surface area (Å²) in [7, 11) is 0. The van der Waals surface area contributed by atoms with E-state index in [9.17, 15) is 23.6 Å². The van der Waals surface area contributed by atoms with Crippen LogP contribution in [-0.4, -0.2) is 41.4 Å². The van der Waals surface area contributed by atoms with Crippen molar-refractivity contribution in [3.63, 3.8) is 0 Å². The largest absolute Gasteiger partial charge is 0.454 e. The Morgan fingerprint density at radius 3 is 2.71 bits per heavy atom. The lowest BCUT2D eigenvalue weighted by molar-refractivity contribution is -0.143. The van der Waals surface area contributed by atoms with Crippen LogP contribution in [0.3, 0.4) is 0 Å². The second-order valence-electron chi connectivity index (χ2n) is 9.16. The molecule has 4 amide bonds. The molecule has 4 atom stereocenters. The first-order valence-electron chi connectivity index (χ1n) is 11.2. The SMILES string of the molecule is NC(=O)CCC1NC2(C(=O)Nc3ccc(F)cc32)[C@H]2C(=O)N(Cc3ccc4c(c3)OCO4)C(=O)[C@@H]12. The highest BCUT2D eigenvalue weighted by molar-refractivity contribution is 6.15. The molecular weight excluding hydrogens is 459 g/mol. The lowest BCUT2D eigenvalue weighted by Crippen LogP contribution is -2.53. The Balaban J connectivity index is 1.40. The Morgan fingerprint density at radius 2 is 1.91 bits per heavy atom. The number of carbonyl (C=O) groups excluding carboxylic acids is 4. The molecule has 2 unspecified atom stereocenters. The number of nitrogens with two attached hydrogens (primary N) is 1. The van der Waals surface area contributed by atoms with Gasteiger partial charge in [0.1, 0.15) is 11.4 Å². The van der Waals surface area contributed by atoms with Crippen LogP contribution in [0.5, 0.6) is 11.5 Å². The molecule has 1 spiro atoms. The van der Waals surface area contributed by atoms with Crippen LogP contribution < -0.4 is 25.8 Å². The van der Waals surface area contributed by atoms with Gasteiger partial charge in [0, 0.05) is 23.7 Å². The maximum absolute atomic E-state index is 14.3. The number of primary amides is 1. The number of likely N-dealkylation sites (tertiary alicyclic amines) is 1. The third-order valence-corrected chi connectivity index (χ3v) is 7.25. The quantitative estimate of drug-likeness (QED) is 0.536. The van der Waals surface area contributed by atoms with E-state index < -0.39 is 52.9 Å². The molecule has 2 aromatic carbocycles. The lowest BCUT2D eigenvalue weighted by atomic mass is 9.76. The van der Waals surface area contributed by atoms with E-state index in [1.807, 2.05) is 0 Å². The van der Waals surface area contributed by atoms with E-state index in [1.165, 1.54) is 18.2 Å². The van der Waals surface area contributed by atoms with E-state index in [1.54, 1.807) is 18.2 Å². The topological polar surface area (TPSA) is 140 Å². The fraction of sp³-hybridized carbons (Fsp3) is 0.333. The molecule has 2 aromatic rings. The van der Waals surface area contributed by atoms with Gasteiger partial charge in [-0.15, -0.1) is 0 Å². The Labute approximate surface area is 198 Å². The highest BCUT2D eigenvalue weighted by atomic mass is 19.1.